The van der Waals surface area contributed by atoms with Crippen molar-refractivity contribution in [1.29, 1.82) is 0 Å². The van der Waals surface area contributed by atoms with Gasteiger partial charge in [0.15, 0.2) is 0 Å². The van der Waals surface area contributed by atoms with Crippen LogP contribution in [-0.4, -0.2) is 61.1 Å². The lowest BCUT2D eigenvalue weighted by Gasteiger charge is -2.33. The van der Waals surface area contributed by atoms with Crippen molar-refractivity contribution in [3.05, 3.63) is 0 Å². The summed E-state index contributed by atoms with van der Waals surface area (Å²) in [7, 11) is 1.98. The largest absolute Gasteiger partial charge is 0.462 e. The van der Waals surface area contributed by atoms with Crippen molar-refractivity contribution in [1.82, 2.24) is 10.2 Å². The average molecular weight is 948 g/mol. The molecule has 1 amide bonds. The molecule has 0 saturated heterocycles. The molecule has 0 fully saturated rings. The van der Waals surface area contributed by atoms with Crippen molar-refractivity contribution in [3.8, 4) is 0 Å². The monoisotopic (exact) mass is 947 g/mol. The van der Waals surface area contributed by atoms with E-state index in [4.69, 9.17) is 9.47 Å². The third-order valence-electron chi connectivity index (χ3n) is 14.3. The van der Waals surface area contributed by atoms with E-state index in [2.05, 4.69) is 44.8 Å². The molecule has 0 spiro atoms. The molecule has 0 rings (SSSR count). The van der Waals surface area contributed by atoms with Crippen LogP contribution in [0.4, 0.5) is 0 Å². The van der Waals surface area contributed by atoms with Gasteiger partial charge in [-0.05, 0) is 103 Å². The van der Waals surface area contributed by atoms with Gasteiger partial charge >= 0.3 is 11.9 Å². The molecule has 398 valence electrons. The Morgan fingerprint density at radius 2 is 0.657 bits per heavy atom. The van der Waals surface area contributed by atoms with Crippen molar-refractivity contribution >= 4 is 17.8 Å². The predicted octanol–water partition coefficient (Wildman–Crippen LogP) is 18.3. The summed E-state index contributed by atoms with van der Waals surface area (Å²) in [4.78, 5) is 41.9. The van der Waals surface area contributed by atoms with E-state index < -0.39 is 0 Å². The molecule has 0 aliphatic carbocycles. The smallest absolute Gasteiger partial charge is 0.306 e. The molecule has 0 saturated carbocycles. The molecule has 0 unspecified atom stereocenters. The Morgan fingerprint density at radius 1 is 0.358 bits per heavy atom. The molecule has 0 bridgehead atoms. The van der Waals surface area contributed by atoms with Crippen molar-refractivity contribution in [2.24, 2.45) is 0 Å². The lowest BCUT2D eigenvalue weighted by molar-refractivity contribution is -0.151. The molecule has 7 nitrogen and oxygen atoms in total. The number of carbonyl (C=O) groups is 3. The number of esters is 2. The van der Waals surface area contributed by atoms with Gasteiger partial charge in [0.05, 0.1) is 0 Å². The van der Waals surface area contributed by atoms with Gasteiger partial charge in [0, 0.05) is 31.8 Å². The molecule has 0 heterocycles. The van der Waals surface area contributed by atoms with Gasteiger partial charge in [0.1, 0.15) is 12.2 Å². The number of carbonyl (C=O) groups excluding carboxylic acids is 3. The van der Waals surface area contributed by atoms with Gasteiger partial charge in [-0.25, -0.2) is 0 Å². The number of unbranched alkanes of at least 4 members (excludes halogenated alkanes) is 29. The van der Waals surface area contributed by atoms with E-state index >= 15 is 0 Å². The molecular weight excluding hydrogens is 829 g/mol. The van der Waals surface area contributed by atoms with E-state index in [9.17, 15) is 14.4 Å². The summed E-state index contributed by atoms with van der Waals surface area (Å²) in [5.41, 5.74) is 0. The molecule has 0 aliphatic heterocycles. The van der Waals surface area contributed by atoms with Gasteiger partial charge in [-0.15, -0.1) is 0 Å². The molecule has 0 aromatic carbocycles. The Kier molecular flexibility index (Phi) is 50.9. The van der Waals surface area contributed by atoms with Crippen LogP contribution in [0.25, 0.3) is 0 Å². The summed E-state index contributed by atoms with van der Waals surface area (Å²) < 4.78 is 12.1. The lowest BCUT2D eigenvalue weighted by Crippen LogP contribution is -2.41. The van der Waals surface area contributed by atoms with Gasteiger partial charge < -0.3 is 19.7 Å². The zero-order valence-corrected chi connectivity index (χ0v) is 46.2. The van der Waals surface area contributed by atoms with E-state index in [0.717, 1.165) is 116 Å². The molecule has 0 aromatic heterocycles. The maximum atomic E-state index is 13.9. The Morgan fingerprint density at radius 3 is 1.01 bits per heavy atom. The second-order valence-corrected chi connectivity index (χ2v) is 20.9. The number of ether oxygens (including phenoxy) is 2. The van der Waals surface area contributed by atoms with Gasteiger partial charge in [-0.2, -0.15) is 0 Å². The van der Waals surface area contributed by atoms with Crippen molar-refractivity contribution < 1.29 is 23.9 Å². The van der Waals surface area contributed by atoms with Crippen LogP contribution in [0.2, 0.25) is 0 Å². The second kappa shape index (κ2) is 52.2. The third kappa shape index (κ3) is 44.1. The fourth-order valence-corrected chi connectivity index (χ4v) is 9.86. The zero-order valence-electron chi connectivity index (χ0n) is 46.2. The first-order valence-electron chi connectivity index (χ1n) is 30.2. The standard InChI is InChI=1S/C60H118N2O5/c1-7-12-17-22-23-28-33-42-54-62(58(63)50-43-53-61-6)55(44-34-29-24-26-31-40-51-59(64)66-56(46-36-18-13-8-2)47-37-19-14-9-3)45-35-30-25-27-32-41-52-60(65)67-57(48-38-20-15-10-4)49-39-21-16-11-5/h55-57,61H,7-54H2,1-6H3. The topological polar surface area (TPSA) is 84.9 Å². The van der Waals surface area contributed by atoms with Crippen LogP contribution in [0, 0.1) is 0 Å². The lowest BCUT2D eigenvalue weighted by atomic mass is 9.97. The molecular formula is C60H118N2O5. The van der Waals surface area contributed by atoms with Crippen LogP contribution in [0.1, 0.15) is 330 Å². The van der Waals surface area contributed by atoms with Crippen LogP contribution < -0.4 is 5.32 Å². The molecule has 0 radical (unpaired) electrons. The molecule has 0 aromatic rings. The molecule has 1 N–H and O–H groups in total. The Hall–Kier alpha value is -1.63. The highest BCUT2D eigenvalue weighted by atomic mass is 16.5. The molecule has 67 heavy (non-hydrogen) atoms. The van der Waals surface area contributed by atoms with Crippen molar-refractivity contribution in [2.75, 3.05) is 20.1 Å². The summed E-state index contributed by atoms with van der Waals surface area (Å²) in [5, 5.41) is 3.25. The SMILES string of the molecule is CCCCCCCCCCN(C(=O)CCCNC)C(CCCCCCCCC(=O)OC(CCCCCC)CCCCCC)CCCCCCCCC(=O)OC(CCCCCC)CCCCCC. The highest BCUT2D eigenvalue weighted by Crippen LogP contribution is 2.23. The molecule has 0 atom stereocenters. The third-order valence-corrected chi connectivity index (χ3v) is 14.3. The number of amides is 1. The summed E-state index contributed by atoms with van der Waals surface area (Å²) in [5.74, 6) is 0.384. The van der Waals surface area contributed by atoms with E-state index in [1.165, 1.54) is 173 Å². The quantitative estimate of drug-likeness (QED) is 0.0483. The van der Waals surface area contributed by atoms with E-state index in [1.54, 1.807) is 0 Å². The Bertz CT molecular complexity index is 971. The van der Waals surface area contributed by atoms with Crippen LogP contribution in [0.15, 0.2) is 0 Å². The van der Waals surface area contributed by atoms with Gasteiger partial charge in [0.25, 0.3) is 0 Å². The molecule has 0 aliphatic rings. The second-order valence-electron chi connectivity index (χ2n) is 20.9. The normalized spacial score (nSPS) is 11.7. The van der Waals surface area contributed by atoms with Crippen molar-refractivity contribution in [2.45, 2.75) is 348 Å². The number of nitrogens with zero attached hydrogens (tertiary/aromatic N) is 1. The summed E-state index contributed by atoms with van der Waals surface area (Å²) >= 11 is 0. The Labute approximate surface area is 418 Å². The number of nitrogens with one attached hydrogen (secondary N) is 1. The zero-order chi connectivity index (χ0) is 49.1. The number of rotatable bonds is 54. The highest BCUT2D eigenvalue weighted by Gasteiger charge is 2.23. The maximum absolute atomic E-state index is 13.9. The first-order valence-corrected chi connectivity index (χ1v) is 30.2. The summed E-state index contributed by atoms with van der Waals surface area (Å²) in [6, 6.07) is 0.324. The Balaban J connectivity index is 5.10. The van der Waals surface area contributed by atoms with Crippen LogP contribution in [0.3, 0.4) is 0 Å². The predicted molar refractivity (Wildman–Crippen MR) is 290 cm³/mol. The van der Waals surface area contributed by atoms with Gasteiger partial charge in [0.2, 0.25) is 5.91 Å². The molecule has 7 heteroatoms. The van der Waals surface area contributed by atoms with Crippen LogP contribution >= 0.6 is 0 Å². The minimum atomic E-state index is 0.0137. The minimum absolute atomic E-state index is 0.0137. The van der Waals surface area contributed by atoms with Crippen LogP contribution in [0.5, 0.6) is 0 Å². The summed E-state index contributed by atoms with van der Waals surface area (Å²) in [6.45, 7) is 13.1. The van der Waals surface area contributed by atoms with E-state index in [-0.39, 0.29) is 24.1 Å². The van der Waals surface area contributed by atoms with Crippen molar-refractivity contribution in [3.63, 3.8) is 0 Å². The van der Waals surface area contributed by atoms with E-state index in [0.29, 0.717) is 31.2 Å². The van der Waals surface area contributed by atoms with Crippen LogP contribution in [-0.2, 0) is 23.9 Å². The first-order chi connectivity index (χ1) is 32.9. The maximum Gasteiger partial charge on any atom is 0.306 e. The number of hydrogen-bond acceptors (Lipinski definition) is 6. The fraction of sp³-hybridized carbons (Fsp3) is 0.950. The number of hydrogen-bond donors (Lipinski definition) is 1. The van der Waals surface area contributed by atoms with Gasteiger partial charge in [-0.1, -0.05) is 221 Å². The average Bonchev–Trinajstić information content (AvgIpc) is 3.32. The summed E-state index contributed by atoms with van der Waals surface area (Å²) in [6.07, 6.45) is 52.5. The van der Waals surface area contributed by atoms with E-state index in [1.807, 2.05) is 7.05 Å². The minimum Gasteiger partial charge on any atom is -0.462 e. The fourth-order valence-electron chi connectivity index (χ4n) is 9.86. The van der Waals surface area contributed by atoms with Gasteiger partial charge in [-0.3, -0.25) is 14.4 Å². The first kappa shape index (κ1) is 65.4. The highest BCUT2D eigenvalue weighted by molar-refractivity contribution is 5.76.